The molecule has 3 aromatic carbocycles. The van der Waals surface area contributed by atoms with E-state index in [4.69, 9.17) is 80.8 Å². The summed E-state index contributed by atoms with van der Waals surface area (Å²) in [6.07, 6.45) is -0.901. The zero-order valence-corrected chi connectivity index (χ0v) is 45.5. The number of sulfonamides is 1. The maximum atomic E-state index is 12.7. The van der Waals surface area contributed by atoms with Gasteiger partial charge >= 0.3 is 12.1 Å². The van der Waals surface area contributed by atoms with Crippen LogP contribution < -0.4 is 20.1 Å². The molecule has 1 fully saturated rings. The molecule has 5 rings (SSSR count). The maximum Gasteiger partial charge on any atom is 0.416 e. The predicted molar refractivity (Wildman–Crippen MR) is 272 cm³/mol. The number of nitrogens with two attached hydrogens (primary N) is 1. The number of para-hydroxylation sites is 1. The van der Waals surface area contributed by atoms with Gasteiger partial charge in [0.15, 0.2) is 12.2 Å². The molecule has 0 bridgehead atoms. The summed E-state index contributed by atoms with van der Waals surface area (Å²) in [6.45, 7) is 9.54. The van der Waals surface area contributed by atoms with Gasteiger partial charge in [-0.15, -0.1) is 11.6 Å². The quantitative estimate of drug-likeness (QED) is 0.0252. The molecular weight excluding hydrogens is 1110 g/mol. The molecule has 5 N–H and O–H groups in total. The molecule has 0 saturated carbocycles. The van der Waals surface area contributed by atoms with E-state index in [2.05, 4.69) is 13.8 Å². The number of rotatable bonds is 17. The number of methoxy groups -OCH3 is 1. The van der Waals surface area contributed by atoms with Gasteiger partial charge in [-0.25, -0.2) is 13.1 Å². The lowest BCUT2D eigenvalue weighted by Crippen LogP contribution is -2.45. The first-order chi connectivity index (χ1) is 34.2. The Morgan fingerprint density at radius 2 is 1.68 bits per heavy atom. The number of anilines is 1. The molecule has 3 amide bonds. The van der Waals surface area contributed by atoms with Crippen LogP contribution in [0.4, 0.5) is 24.5 Å². The van der Waals surface area contributed by atoms with E-state index < -0.39 is 78.8 Å². The molecule has 2 heterocycles. The van der Waals surface area contributed by atoms with Gasteiger partial charge in [0, 0.05) is 32.1 Å². The zero-order chi connectivity index (χ0) is 56.5. The van der Waals surface area contributed by atoms with Gasteiger partial charge in [0.2, 0.25) is 15.9 Å². The van der Waals surface area contributed by atoms with Crippen LogP contribution in [-0.2, 0) is 57.5 Å². The fraction of sp³-hybridized carbons (Fsp3) is 0.422. The van der Waals surface area contributed by atoms with Crippen LogP contribution in [0.3, 0.4) is 0 Å². The van der Waals surface area contributed by atoms with Crippen molar-refractivity contribution in [1.29, 1.82) is 0 Å². The van der Waals surface area contributed by atoms with Crippen LogP contribution >= 0.6 is 53.8 Å². The van der Waals surface area contributed by atoms with Crippen molar-refractivity contribution >= 4 is 98.9 Å². The number of carboxylic acids is 1. The molecule has 4 aromatic rings. The fourth-order valence-electron chi connectivity index (χ4n) is 6.49. The van der Waals surface area contributed by atoms with Crippen molar-refractivity contribution < 1.29 is 78.9 Å². The van der Waals surface area contributed by atoms with Crippen molar-refractivity contribution in [2.24, 2.45) is 5.73 Å². The van der Waals surface area contributed by atoms with E-state index in [0.29, 0.717) is 30.7 Å². The summed E-state index contributed by atoms with van der Waals surface area (Å²) in [5, 5.41) is 18.9. The summed E-state index contributed by atoms with van der Waals surface area (Å²) in [5.74, 6) is -2.65. The molecule has 20 nitrogen and oxygen atoms in total. The molecule has 1 saturated heterocycles. The molecule has 74 heavy (non-hydrogen) atoms. The highest BCUT2D eigenvalue weighted by atomic mass is 35.5. The third kappa shape index (κ3) is 20.6. The van der Waals surface area contributed by atoms with Crippen LogP contribution in [0.1, 0.15) is 73.0 Å². The predicted octanol–water partition coefficient (Wildman–Crippen LogP) is 9.14. The summed E-state index contributed by atoms with van der Waals surface area (Å²) >= 11 is 22.6. The summed E-state index contributed by atoms with van der Waals surface area (Å²) in [7, 11) is -5.53. The number of carbonyl (C=O) groups is 4. The van der Waals surface area contributed by atoms with Crippen molar-refractivity contribution in [1.82, 2.24) is 9.62 Å². The third-order valence-corrected chi connectivity index (χ3v) is 12.5. The fourth-order valence-corrected chi connectivity index (χ4v) is 8.29. The molecule has 0 spiro atoms. The van der Waals surface area contributed by atoms with Gasteiger partial charge in [-0.1, -0.05) is 66.8 Å². The molecule has 1 aliphatic rings. The zero-order valence-electron chi connectivity index (χ0n) is 40.7. The summed E-state index contributed by atoms with van der Waals surface area (Å²) in [6, 6.07) is 13.8. The molecule has 0 radical (unpaired) electrons. The van der Waals surface area contributed by atoms with Crippen molar-refractivity contribution in [3.05, 3.63) is 116 Å². The number of nitrogens with one attached hydrogen (secondary N) is 1. The van der Waals surface area contributed by atoms with Crippen LogP contribution in [0.5, 0.6) is 11.5 Å². The number of aryl methyl sites for hydroxylation is 2. The summed E-state index contributed by atoms with van der Waals surface area (Å²) in [5.41, 5.74) is 5.25. The molecule has 1 aromatic heterocycles. The lowest BCUT2D eigenvalue weighted by molar-refractivity contribution is -0.385. The minimum atomic E-state index is -4.62. The summed E-state index contributed by atoms with van der Waals surface area (Å²) < 4.78 is 94.1. The lowest BCUT2D eigenvalue weighted by atomic mass is 10.0. The number of nitrogens with zero attached hydrogens (tertiary/aromatic N) is 3. The molecule has 0 aliphatic carbocycles. The number of hydrogen-bond donors (Lipinski definition) is 4. The Hall–Kier alpha value is -5.01. The van der Waals surface area contributed by atoms with Crippen LogP contribution in [-0.4, -0.2) is 114 Å². The average Bonchev–Trinajstić information content (AvgIpc) is 3.97. The van der Waals surface area contributed by atoms with E-state index in [1.807, 2.05) is 24.3 Å². The van der Waals surface area contributed by atoms with Crippen molar-refractivity contribution in [2.75, 3.05) is 50.2 Å². The average molecular weight is 1170 g/mol. The topological polar surface area (TPSA) is 288 Å². The summed E-state index contributed by atoms with van der Waals surface area (Å²) in [4.78, 5) is 66.9. The van der Waals surface area contributed by atoms with Crippen LogP contribution in [0.15, 0.2) is 77.4 Å². The highest BCUT2D eigenvalue weighted by Crippen LogP contribution is 2.39. The normalized spacial score (nSPS) is 15.1. The van der Waals surface area contributed by atoms with Gasteiger partial charge in [-0.2, -0.15) is 13.2 Å². The number of aliphatic carboxylic acids is 1. The Balaban J connectivity index is 0.000000357. The van der Waals surface area contributed by atoms with Crippen LogP contribution in [0, 0.1) is 10.1 Å². The van der Waals surface area contributed by atoms with E-state index >= 15 is 0 Å². The third-order valence-electron chi connectivity index (χ3n) is 10.00. The molecule has 3 atom stereocenters. The Bertz CT molecular complexity index is 2710. The Kier molecular flexibility index (Phi) is 25.3. The van der Waals surface area contributed by atoms with E-state index in [9.17, 15) is 55.4 Å². The second-order valence-electron chi connectivity index (χ2n) is 16.2. The number of ether oxygens (including phenoxy) is 3. The first kappa shape index (κ1) is 65.1. The molecule has 29 heteroatoms. The number of halogens is 7. The Labute approximate surface area is 444 Å². The molecule has 3 unspecified atom stereocenters. The van der Waals surface area contributed by atoms with Crippen molar-refractivity contribution in [3.8, 4) is 11.5 Å². The minimum Gasteiger partial charge on any atom is -0.480 e. The van der Waals surface area contributed by atoms with Crippen LogP contribution in [0.2, 0.25) is 5.02 Å². The highest BCUT2D eigenvalue weighted by molar-refractivity contribution is 7.89. The Morgan fingerprint density at radius 3 is 2.12 bits per heavy atom. The minimum absolute atomic E-state index is 0.0371. The smallest absolute Gasteiger partial charge is 0.416 e. The van der Waals surface area contributed by atoms with E-state index in [-0.39, 0.29) is 54.6 Å². The SMILES string of the molecule is CC1(C)OC(c2ccco2)CN1C(=O)C(Cl)Cl.CCc1cccc(CC)c1N(COC)C(=O)CCl.CP(=O)(O)CCC(N)C(=O)O.CS(=O)(=O)NC(=O)c1cc(Oc2ccc(C(F)(F)F)cc2Cl)ccc1[N+](=O)[O-]. The number of carboxylic acid groups (broad SMARTS) is 1. The van der Waals surface area contributed by atoms with E-state index in [1.54, 1.807) is 42.9 Å². The van der Waals surface area contributed by atoms with Crippen molar-refractivity contribution in [3.63, 3.8) is 0 Å². The largest absolute Gasteiger partial charge is 0.480 e. The number of amides is 3. The van der Waals surface area contributed by atoms with Gasteiger partial charge in [-0.3, -0.25) is 38.8 Å². The lowest BCUT2D eigenvalue weighted by Gasteiger charge is -2.29. The Morgan fingerprint density at radius 1 is 1.07 bits per heavy atom. The first-order valence-corrected chi connectivity index (χ1v) is 27.6. The number of alkyl halides is 6. The van der Waals surface area contributed by atoms with Crippen LogP contribution in [0.25, 0.3) is 0 Å². The van der Waals surface area contributed by atoms with E-state index in [0.717, 1.165) is 53.9 Å². The number of nitro groups is 1. The number of carbonyl (C=O) groups excluding carboxylic acids is 3. The second-order valence-corrected chi connectivity index (χ2v) is 22.3. The molecular formula is C45H55Cl4F3N5O15PS. The van der Waals surface area contributed by atoms with Gasteiger partial charge < -0.3 is 39.3 Å². The second kappa shape index (κ2) is 28.8. The number of hydrogen-bond acceptors (Lipinski definition) is 14. The number of benzene rings is 3. The highest BCUT2D eigenvalue weighted by Gasteiger charge is 2.45. The van der Waals surface area contributed by atoms with Crippen molar-refractivity contribution in [2.45, 2.75) is 75.8 Å². The first-order valence-electron chi connectivity index (χ1n) is 21.6. The monoisotopic (exact) mass is 1170 g/mol. The van der Waals surface area contributed by atoms with E-state index in [1.165, 1.54) is 11.6 Å². The molecule has 410 valence electrons. The maximum absolute atomic E-state index is 12.7. The molecule has 1 aliphatic heterocycles. The number of furan rings is 1. The standard InChI is InChI=1S/C15H10ClF3N2O6S.C14H20ClNO2.C11H13Cl2NO3.C5H12NO4P/c1-28(25,26)20-14(22)10-7-9(3-4-12(10)21(23)24)27-13-5-2-8(6-11(13)16)15(17,18)19;1-4-11-7-6-8-12(5-2)14(11)16(10-18-3)13(17)9-15;1-11(2)14(10(15)9(12)13)6-8(17-11)7-4-3-5-16-7;1-11(9,10)3-2-4(6)5(7)8/h2-7H,1H3,(H,20,22);6-8H,4-5,9-10H2,1-3H3;3-5,8-9H,6H2,1-2H3;4H,2-3,6H2,1H3,(H,7,8)(H,9,10). The van der Waals surface area contributed by atoms with Gasteiger partial charge in [-0.05, 0) is 80.6 Å². The van der Waals surface area contributed by atoms with Gasteiger partial charge in [0.05, 0.1) is 40.3 Å². The van der Waals surface area contributed by atoms with Gasteiger partial charge in [0.1, 0.15) is 53.3 Å². The van der Waals surface area contributed by atoms with Gasteiger partial charge in [0.25, 0.3) is 17.5 Å². The number of nitro benzene ring substituents is 1.